The lowest BCUT2D eigenvalue weighted by Gasteiger charge is -2.37. The fourth-order valence-electron chi connectivity index (χ4n) is 3.39. The summed E-state index contributed by atoms with van der Waals surface area (Å²) < 4.78 is 0. The fourth-order valence-corrected chi connectivity index (χ4v) is 4.70. The van der Waals surface area contributed by atoms with Gasteiger partial charge in [0.15, 0.2) is 0 Å². The molecule has 1 saturated heterocycles. The number of thiophene rings is 1. The van der Waals surface area contributed by atoms with Gasteiger partial charge in [-0.1, -0.05) is 0 Å². The summed E-state index contributed by atoms with van der Waals surface area (Å²) >= 11 is 7.85. The van der Waals surface area contributed by atoms with Crippen LogP contribution in [-0.4, -0.2) is 29.3 Å². The summed E-state index contributed by atoms with van der Waals surface area (Å²) in [6.45, 7) is 0.895. The zero-order valence-corrected chi connectivity index (χ0v) is 12.7. The van der Waals surface area contributed by atoms with Gasteiger partial charge in [0.1, 0.15) is 0 Å². The molecule has 4 heteroatoms. The van der Waals surface area contributed by atoms with Crippen LogP contribution >= 0.6 is 22.9 Å². The van der Waals surface area contributed by atoms with Gasteiger partial charge in [0, 0.05) is 23.3 Å². The zero-order chi connectivity index (χ0) is 13.2. The van der Waals surface area contributed by atoms with E-state index in [1.807, 2.05) is 0 Å². The third-order valence-electron chi connectivity index (χ3n) is 4.44. The number of fused-ring (bicyclic) bond motifs is 1. The molecule has 2 atom stereocenters. The van der Waals surface area contributed by atoms with Gasteiger partial charge in [-0.2, -0.15) is 0 Å². The highest BCUT2D eigenvalue weighted by atomic mass is 35.5. The first-order chi connectivity index (χ1) is 9.31. The van der Waals surface area contributed by atoms with Gasteiger partial charge in [-0.3, -0.25) is 4.79 Å². The number of amides is 1. The van der Waals surface area contributed by atoms with Crippen LogP contribution < -0.4 is 0 Å². The van der Waals surface area contributed by atoms with Crippen LogP contribution in [0.5, 0.6) is 0 Å². The number of alkyl halides is 1. The Labute approximate surface area is 123 Å². The summed E-state index contributed by atoms with van der Waals surface area (Å²) in [6.07, 6.45) is 6.70. The van der Waals surface area contributed by atoms with Crippen molar-refractivity contribution in [3.63, 3.8) is 0 Å². The number of rotatable bonds is 2. The molecular weight excluding hydrogens is 278 g/mol. The van der Waals surface area contributed by atoms with Crippen molar-refractivity contribution in [3.05, 3.63) is 21.9 Å². The zero-order valence-electron chi connectivity index (χ0n) is 11.1. The Morgan fingerprint density at radius 3 is 3.11 bits per heavy atom. The Kier molecular flexibility index (Phi) is 4.13. The molecule has 1 aromatic rings. The van der Waals surface area contributed by atoms with Crippen LogP contribution in [-0.2, 0) is 11.2 Å². The average Bonchev–Trinajstić information content (AvgIpc) is 2.94. The number of halogens is 1. The van der Waals surface area contributed by atoms with Crippen LogP contribution in [0, 0.1) is 0 Å². The molecule has 2 unspecified atom stereocenters. The highest BCUT2D eigenvalue weighted by molar-refractivity contribution is 7.10. The molecule has 1 aromatic heterocycles. The molecule has 1 amide bonds. The minimum atomic E-state index is 0.0961. The number of carbonyl (C=O) groups excluding carboxylic acids is 1. The summed E-state index contributed by atoms with van der Waals surface area (Å²) in [6, 6.07) is 2.41. The van der Waals surface area contributed by atoms with E-state index < -0.39 is 0 Å². The summed E-state index contributed by atoms with van der Waals surface area (Å²) in [5, 5.41) is 2.13. The van der Waals surface area contributed by atoms with Crippen LogP contribution in [0.25, 0.3) is 0 Å². The minimum absolute atomic E-state index is 0.0961. The molecule has 2 heterocycles. The van der Waals surface area contributed by atoms with E-state index in [-0.39, 0.29) is 12.0 Å². The molecule has 2 nitrogen and oxygen atoms in total. The molecule has 0 bridgehead atoms. The number of aryl methyl sites for hydroxylation is 1. The third-order valence-corrected chi connectivity index (χ3v) is 5.79. The standard InChI is InChI=1S/C15H20ClNOS/c16-10-11-4-1-2-8-17(11)15(18)13-5-3-6-14-12(13)7-9-19-14/h7,9,11,13H,1-6,8,10H2. The summed E-state index contributed by atoms with van der Waals surface area (Å²) in [5.41, 5.74) is 1.29. The summed E-state index contributed by atoms with van der Waals surface area (Å²) in [5.74, 6) is 0.998. The number of piperidine rings is 1. The first kappa shape index (κ1) is 13.4. The van der Waals surface area contributed by atoms with E-state index in [0.717, 1.165) is 38.6 Å². The first-order valence-electron chi connectivity index (χ1n) is 7.24. The van der Waals surface area contributed by atoms with Gasteiger partial charge in [0.2, 0.25) is 5.91 Å². The van der Waals surface area contributed by atoms with E-state index in [1.165, 1.54) is 16.9 Å². The molecule has 0 spiro atoms. The summed E-state index contributed by atoms with van der Waals surface area (Å²) in [7, 11) is 0. The monoisotopic (exact) mass is 297 g/mol. The number of likely N-dealkylation sites (tertiary alicyclic amines) is 1. The highest BCUT2D eigenvalue weighted by Crippen LogP contribution is 2.37. The van der Waals surface area contributed by atoms with E-state index in [9.17, 15) is 4.79 Å². The van der Waals surface area contributed by atoms with Gasteiger partial charge in [-0.05, 0) is 55.5 Å². The fraction of sp³-hybridized carbons (Fsp3) is 0.667. The maximum atomic E-state index is 12.9. The van der Waals surface area contributed by atoms with E-state index in [2.05, 4.69) is 16.3 Å². The van der Waals surface area contributed by atoms with E-state index >= 15 is 0 Å². The maximum Gasteiger partial charge on any atom is 0.230 e. The largest absolute Gasteiger partial charge is 0.338 e. The Morgan fingerprint density at radius 2 is 2.26 bits per heavy atom. The molecule has 1 aliphatic carbocycles. The van der Waals surface area contributed by atoms with Crippen molar-refractivity contribution in [3.8, 4) is 0 Å². The average molecular weight is 298 g/mol. The SMILES string of the molecule is O=C(C1CCCc2sccc21)N1CCCCC1CCl. The number of carbonyl (C=O) groups is 1. The lowest BCUT2D eigenvalue weighted by molar-refractivity contribution is -0.136. The quantitative estimate of drug-likeness (QED) is 0.761. The normalized spacial score (nSPS) is 27.1. The molecule has 0 saturated carbocycles. The molecule has 0 aromatic carbocycles. The number of hydrogen-bond acceptors (Lipinski definition) is 2. The van der Waals surface area contributed by atoms with Gasteiger partial charge in [0.05, 0.1) is 5.92 Å². The van der Waals surface area contributed by atoms with Crippen LogP contribution in [0.2, 0.25) is 0 Å². The minimum Gasteiger partial charge on any atom is -0.338 e. The van der Waals surface area contributed by atoms with Crippen molar-refractivity contribution in [1.82, 2.24) is 4.90 Å². The second-order valence-electron chi connectivity index (χ2n) is 5.58. The van der Waals surface area contributed by atoms with Gasteiger partial charge >= 0.3 is 0 Å². The van der Waals surface area contributed by atoms with Crippen LogP contribution in [0.15, 0.2) is 11.4 Å². The Balaban J connectivity index is 1.81. The molecule has 0 radical (unpaired) electrons. The molecule has 1 aliphatic heterocycles. The van der Waals surface area contributed by atoms with Gasteiger partial charge < -0.3 is 4.90 Å². The van der Waals surface area contributed by atoms with Gasteiger partial charge in [-0.25, -0.2) is 0 Å². The van der Waals surface area contributed by atoms with Crippen molar-refractivity contribution >= 4 is 28.8 Å². The van der Waals surface area contributed by atoms with Gasteiger partial charge in [-0.15, -0.1) is 22.9 Å². The van der Waals surface area contributed by atoms with Gasteiger partial charge in [0.25, 0.3) is 0 Å². The second kappa shape index (κ2) is 5.84. The molecule has 19 heavy (non-hydrogen) atoms. The lowest BCUT2D eigenvalue weighted by Crippen LogP contribution is -2.47. The third kappa shape index (κ3) is 2.55. The molecule has 1 fully saturated rings. The molecular formula is C15H20ClNOS. The molecule has 104 valence electrons. The Bertz CT molecular complexity index is 459. The maximum absolute atomic E-state index is 12.9. The smallest absolute Gasteiger partial charge is 0.230 e. The highest BCUT2D eigenvalue weighted by Gasteiger charge is 2.34. The van der Waals surface area contributed by atoms with Crippen molar-refractivity contribution in [1.29, 1.82) is 0 Å². The molecule has 3 rings (SSSR count). The van der Waals surface area contributed by atoms with E-state index in [4.69, 9.17) is 11.6 Å². The van der Waals surface area contributed by atoms with E-state index in [1.54, 1.807) is 11.3 Å². The van der Waals surface area contributed by atoms with Crippen molar-refractivity contribution in [2.75, 3.05) is 12.4 Å². The van der Waals surface area contributed by atoms with Crippen molar-refractivity contribution in [2.45, 2.75) is 50.5 Å². The van der Waals surface area contributed by atoms with E-state index in [0.29, 0.717) is 11.8 Å². The van der Waals surface area contributed by atoms with Crippen molar-refractivity contribution in [2.24, 2.45) is 0 Å². The first-order valence-corrected chi connectivity index (χ1v) is 8.65. The number of nitrogens with zero attached hydrogens (tertiary/aromatic N) is 1. The number of hydrogen-bond donors (Lipinski definition) is 0. The van der Waals surface area contributed by atoms with Crippen LogP contribution in [0.4, 0.5) is 0 Å². The van der Waals surface area contributed by atoms with Crippen LogP contribution in [0.1, 0.15) is 48.5 Å². The second-order valence-corrected chi connectivity index (χ2v) is 6.89. The molecule has 0 N–H and O–H groups in total. The predicted octanol–water partition coefficient (Wildman–Crippen LogP) is 3.79. The lowest BCUT2D eigenvalue weighted by atomic mass is 9.86. The Morgan fingerprint density at radius 1 is 1.37 bits per heavy atom. The summed E-state index contributed by atoms with van der Waals surface area (Å²) in [4.78, 5) is 16.3. The predicted molar refractivity (Wildman–Crippen MR) is 80.1 cm³/mol. The topological polar surface area (TPSA) is 20.3 Å². The van der Waals surface area contributed by atoms with Crippen molar-refractivity contribution < 1.29 is 4.79 Å². The van der Waals surface area contributed by atoms with Crippen LogP contribution in [0.3, 0.4) is 0 Å². The molecule has 2 aliphatic rings. The Hall–Kier alpha value is -0.540.